The Hall–Kier alpha value is -1.95. The monoisotopic (exact) mass is 630 g/mol. The average Bonchev–Trinajstić information content (AvgIpc) is 3.37. The van der Waals surface area contributed by atoms with E-state index in [0.717, 1.165) is 31.1 Å². The molecule has 246 valence electrons. The second kappa shape index (κ2) is 11.9. The van der Waals surface area contributed by atoms with E-state index >= 15 is 0 Å². The first-order valence-corrected chi connectivity index (χ1v) is 19.9. The van der Waals surface area contributed by atoms with Crippen LogP contribution in [0.15, 0.2) is 60.7 Å². The highest BCUT2D eigenvalue weighted by molar-refractivity contribution is 6.99. The maximum Gasteiger partial charge on any atom is 0.303 e. The maximum atomic E-state index is 12.6. The van der Waals surface area contributed by atoms with Gasteiger partial charge >= 0.3 is 5.97 Å². The van der Waals surface area contributed by atoms with Crippen molar-refractivity contribution in [3.63, 3.8) is 0 Å². The van der Waals surface area contributed by atoms with Crippen LogP contribution < -0.4 is 10.4 Å². The highest BCUT2D eigenvalue weighted by atomic mass is 28.4. The number of hydrogen-bond donors (Lipinski definition) is 2. The third-order valence-corrected chi connectivity index (χ3v) is 19.1. The number of aliphatic carboxylic acids is 1. The summed E-state index contributed by atoms with van der Waals surface area (Å²) in [7, 11) is -2.87. The van der Waals surface area contributed by atoms with Crippen LogP contribution in [0.2, 0.25) is 5.04 Å². The van der Waals surface area contributed by atoms with Gasteiger partial charge in [-0.15, -0.1) is 0 Å². The van der Waals surface area contributed by atoms with E-state index in [1.54, 1.807) is 0 Å². The van der Waals surface area contributed by atoms with E-state index in [4.69, 9.17) is 4.43 Å². The van der Waals surface area contributed by atoms with Gasteiger partial charge in [0.2, 0.25) is 0 Å². The molecular formula is C40H58O4Si. The molecule has 0 amide bonds. The highest BCUT2D eigenvalue weighted by Crippen LogP contribution is 2.69. The molecule has 4 nitrogen and oxygen atoms in total. The lowest BCUT2D eigenvalue weighted by Crippen LogP contribution is -2.70. The van der Waals surface area contributed by atoms with Crippen molar-refractivity contribution >= 4 is 24.7 Å². The van der Waals surface area contributed by atoms with Crippen LogP contribution in [0.4, 0.5) is 0 Å². The van der Waals surface area contributed by atoms with Gasteiger partial charge < -0.3 is 14.6 Å². The third-order valence-electron chi connectivity index (χ3n) is 14.0. The molecule has 0 radical (unpaired) electrons. The van der Waals surface area contributed by atoms with Crippen LogP contribution in [0.3, 0.4) is 0 Å². The Balaban J connectivity index is 1.25. The average molecular weight is 631 g/mol. The summed E-state index contributed by atoms with van der Waals surface area (Å²) >= 11 is 0. The lowest BCUT2D eigenvalue weighted by atomic mass is 9.44. The Morgan fingerprint density at radius 3 is 2.04 bits per heavy atom. The molecule has 4 aliphatic carbocycles. The molecular weight excluding hydrogens is 573 g/mol. The summed E-state index contributed by atoms with van der Waals surface area (Å²) < 4.78 is 7.45. The van der Waals surface area contributed by atoms with E-state index in [2.05, 4.69) is 102 Å². The van der Waals surface area contributed by atoms with Crippen molar-refractivity contribution in [3.05, 3.63) is 60.7 Å². The van der Waals surface area contributed by atoms with Crippen LogP contribution in [0.25, 0.3) is 0 Å². The summed E-state index contributed by atoms with van der Waals surface area (Å²) in [6, 6.07) is 21.5. The summed E-state index contributed by atoms with van der Waals surface area (Å²) in [6.07, 6.45) is 11.1. The van der Waals surface area contributed by atoms with Gasteiger partial charge in [-0.2, -0.15) is 0 Å². The van der Waals surface area contributed by atoms with Crippen LogP contribution in [0.5, 0.6) is 0 Å². The first-order chi connectivity index (χ1) is 21.2. The number of fused-ring (bicyclic) bond motifs is 5. The number of carboxylic acids is 1. The SMILES string of the molecule is C[C@H](CCC(=O)O)[C@H]1CC[C@H]2[C@@H]3CCC4C[C@@](O)(O[Si](c5ccccc5)(c5ccccc5)C(C)(C)C)CC[C@]4(C)[C@H]3CC[C@]12C. The minimum Gasteiger partial charge on any atom is -0.481 e. The zero-order valence-electron chi connectivity index (χ0n) is 28.7. The van der Waals surface area contributed by atoms with Crippen molar-refractivity contribution in [2.45, 2.75) is 123 Å². The number of carbonyl (C=O) groups is 1. The second-order valence-electron chi connectivity index (χ2n) is 17.2. The fourth-order valence-corrected chi connectivity index (χ4v) is 16.5. The van der Waals surface area contributed by atoms with Gasteiger partial charge in [0.15, 0.2) is 5.79 Å². The van der Waals surface area contributed by atoms with Crippen LogP contribution in [-0.2, 0) is 9.22 Å². The molecule has 4 saturated carbocycles. The molecule has 0 heterocycles. The molecule has 2 N–H and O–H groups in total. The molecule has 4 fully saturated rings. The molecule has 0 spiro atoms. The lowest BCUT2D eigenvalue weighted by molar-refractivity contribution is -0.223. The Bertz CT molecular complexity index is 1300. The molecule has 0 bridgehead atoms. The highest BCUT2D eigenvalue weighted by Gasteiger charge is 2.63. The predicted molar refractivity (Wildman–Crippen MR) is 185 cm³/mol. The lowest BCUT2D eigenvalue weighted by Gasteiger charge is -2.63. The van der Waals surface area contributed by atoms with E-state index in [0.29, 0.717) is 41.9 Å². The van der Waals surface area contributed by atoms with E-state index in [1.807, 2.05) is 0 Å². The smallest absolute Gasteiger partial charge is 0.303 e. The van der Waals surface area contributed by atoms with E-state index in [1.165, 1.54) is 48.9 Å². The fraction of sp³-hybridized carbons (Fsp3) is 0.675. The molecule has 4 aliphatic rings. The van der Waals surface area contributed by atoms with E-state index < -0.39 is 20.1 Å². The van der Waals surface area contributed by atoms with Crippen LogP contribution in [0, 0.1) is 46.3 Å². The van der Waals surface area contributed by atoms with Crippen molar-refractivity contribution in [3.8, 4) is 0 Å². The summed E-state index contributed by atoms with van der Waals surface area (Å²) in [5.41, 5.74) is 0.572. The van der Waals surface area contributed by atoms with Gasteiger partial charge in [0.05, 0.1) is 0 Å². The number of rotatable bonds is 8. The van der Waals surface area contributed by atoms with Crippen LogP contribution in [0.1, 0.15) is 112 Å². The molecule has 5 heteroatoms. The number of hydrogen-bond acceptors (Lipinski definition) is 3. The second-order valence-corrected chi connectivity index (χ2v) is 21.4. The van der Waals surface area contributed by atoms with Crippen LogP contribution >= 0.6 is 0 Å². The first-order valence-electron chi connectivity index (χ1n) is 18.0. The molecule has 1 unspecified atom stereocenters. The van der Waals surface area contributed by atoms with E-state index in [-0.39, 0.29) is 10.5 Å². The van der Waals surface area contributed by atoms with Gasteiger partial charge in [-0.3, -0.25) is 4.79 Å². The van der Waals surface area contributed by atoms with Gasteiger partial charge in [-0.1, -0.05) is 102 Å². The molecule has 6 rings (SSSR count). The van der Waals surface area contributed by atoms with Gasteiger partial charge in [0, 0.05) is 19.3 Å². The van der Waals surface area contributed by atoms with Gasteiger partial charge in [0.1, 0.15) is 0 Å². The van der Waals surface area contributed by atoms with Crippen molar-refractivity contribution < 1.29 is 19.4 Å². The van der Waals surface area contributed by atoms with Gasteiger partial charge in [-0.25, -0.2) is 0 Å². The normalized spacial score (nSPS) is 37.3. The minimum absolute atomic E-state index is 0.168. The van der Waals surface area contributed by atoms with Crippen molar-refractivity contribution in [2.75, 3.05) is 0 Å². The summed E-state index contributed by atoms with van der Waals surface area (Å²) in [5, 5.41) is 24.2. The van der Waals surface area contributed by atoms with Crippen molar-refractivity contribution in [2.24, 2.45) is 46.3 Å². The van der Waals surface area contributed by atoms with Crippen LogP contribution in [-0.4, -0.2) is 30.3 Å². The minimum atomic E-state index is -2.87. The molecule has 0 saturated heterocycles. The Labute approximate surface area is 273 Å². The van der Waals surface area contributed by atoms with Gasteiger partial charge in [-0.05, 0) is 113 Å². The Kier molecular flexibility index (Phi) is 8.74. The zero-order valence-corrected chi connectivity index (χ0v) is 29.7. The quantitative estimate of drug-likeness (QED) is 0.227. The molecule has 9 atom stereocenters. The molecule has 0 aliphatic heterocycles. The zero-order chi connectivity index (χ0) is 32.3. The first kappa shape index (κ1) is 33.0. The summed E-state index contributed by atoms with van der Waals surface area (Å²) in [5.74, 6) is 2.00. The summed E-state index contributed by atoms with van der Waals surface area (Å²) in [6.45, 7) is 14.4. The predicted octanol–water partition coefficient (Wildman–Crippen LogP) is 8.41. The largest absolute Gasteiger partial charge is 0.481 e. The maximum absolute atomic E-state index is 12.6. The fourth-order valence-electron chi connectivity index (χ4n) is 11.8. The molecule has 2 aromatic carbocycles. The standard InChI is InChI=1S/C40H58O4Si/c1-28(17-22-36(41)42)33-20-21-34-32-19-18-29-27-40(43,26-25-38(29,5)35(32)23-24-39(33,34)6)44-45(37(2,3)4,30-13-9-7-10-14-30)31-15-11-8-12-16-31/h7-16,28-29,32-35,43H,17-27H2,1-6H3,(H,41,42)/t28-,29?,32+,33-,34+,35+,38+,39-,40+/m1/s1. The van der Waals surface area contributed by atoms with Crippen molar-refractivity contribution in [1.29, 1.82) is 0 Å². The molecule has 0 aromatic heterocycles. The Morgan fingerprint density at radius 2 is 1.47 bits per heavy atom. The number of aliphatic hydroxyl groups is 1. The molecule has 2 aromatic rings. The van der Waals surface area contributed by atoms with Crippen molar-refractivity contribution in [1.82, 2.24) is 0 Å². The summed E-state index contributed by atoms with van der Waals surface area (Å²) in [4.78, 5) is 11.3. The number of benzene rings is 2. The topological polar surface area (TPSA) is 66.8 Å². The Morgan fingerprint density at radius 1 is 0.867 bits per heavy atom. The number of carboxylic acid groups (broad SMARTS) is 1. The van der Waals surface area contributed by atoms with E-state index in [9.17, 15) is 15.0 Å². The molecule has 45 heavy (non-hydrogen) atoms. The van der Waals surface area contributed by atoms with Gasteiger partial charge in [0.25, 0.3) is 8.32 Å². The third kappa shape index (κ3) is 5.57.